The number of aryl methyl sites for hydroxylation is 1. The summed E-state index contributed by atoms with van der Waals surface area (Å²) in [6.07, 6.45) is 0. The van der Waals surface area contributed by atoms with Gasteiger partial charge in [0.15, 0.2) is 5.82 Å². The molecule has 2 aromatic rings. The van der Waals surface area contributed by atoms with E-state index in [1.807, 2.05) is 52.8 Å². The third-order valence-corrected chi connectivity index (χ3v) is 4.94. The molecule has 0 unspecified atom stereocenters. The number of carbonyl (C=O) groups excluding carboxylic acids is 2. The van der Waals surface area contributed by atoms with Crippen molar-refractivity contribution in [3.63, 3.8) is 0 Å². The Morgan fingerprint density at radius 3 is 2.52 bits per heavy atom. The Hall–Kier alpha value is -2.55. The van der Waals surface area contributed by atoms with Gasteiger partial charge < -0.3 is 16.5 Å². The van der Waals surface area contributed by atoms with Crippen molar-refractivity contribution < 1.29 is 9.59 Å². The molecule has 0 radical (unpaired) electrons. The van der Waals surface area contributed by atoms with E-state index in [9.17, 15) is 9.59 Å². The highest BCUT2D eigenvalue weighted by atomic mass is 32.2. The monoisotopic (exact) mass is 390 g/mol. The molecule has 0 fully saturated rings. The van der Waals surface area contributed by atoms with Crippen molar-refractivity contribution in [1.29, 1.82) is 0 Å². The molecule has 2 amide bonds. The van der Waals surface area contributed by atoms with Crippen LogP contribution in [0.25, 0.3) is 0 Å². The first-order chi connectivity index (χ1) is 12.6. The largest absolute Gasteiger partial charge is 0.346 e. The Labute approximate surface area is 163 Å². The summed E-state index contributed by atoms with van der Waals surface area (Å²) in [7, 11) is 0. The van der Waals surface area contributed by atoms with Crippen LogP contribution in [0.15, 0.2) is 23.4 Å². The van der Waals surface area contributed by atoms with Crippen LogP contribution in [-0.4, -0.2) is 39.0 Å². The van der Waals surface area contributed by atoms with Crippen LogP contribution in [0.4, 0.5) is 5.69 Å². The van der Waals surface area contributed by atoms with Gasteiger partial charge >= 0.3 is 0 Å². The lowest BCUT2D eigenvalue weighted by molar-refractivity contribution is -0.122. The van der Waals surface area contributed by atoms with Crippen molar-refractivity contribution >= 4 is 29.3 Å². The average molecular weight is 391 g/mol. The maximum atomic E-state index is 12.0. The molecule has 0 aliphatic carbocycles. The number of rotatable bonds is 6. The molecule has 8 nitrogen and oxygen atoms in total. The maximum absolute atomic E-state index is 12.0. The molecule has 0 bridgehead atoms. The van der Waals surface area contributed by atoms with Crippen LogP contribution in [-0.2, 0) is 15.0 Å². The van der Waals surface area contributed by atoms with Crippen LogP contribution in [0.3, 0.4) is 0 Å². The summed E-state index contributed by atoms with van der Waals surface area (Å²) in [6, 6.07) is 5.69. The molecule has 146 valence electrons. The van der Waals surface area contributed by atoms with E-state index in [0.29, 0.717) is 11.0 Å². The minimum atomic E-state index is -0.281. The van der Waals surface area contributed by atoms with E-state index >= 15 is 0 Å². The number of nitrogen functional groups attached to an aromatic ring is 1. The number of carbonyl (C=O) groups is 2. The van der Waals surface area contributed by atoms with Crippen LogP contribution in [0.2, 0.25) is 0 Å². The zero-order chi connectivity index (χ0) is 20.2. The van der Waals surface area contributed by atoms with Crippen LogP contribution < -0.4 is 16.5 Å². The summed E-state index contributed by atoms with van der Waals surface area (Å²) in [5, 5.41) is 13.9. The molecule has 0 saturated heterocycles. The third kappa shape index (κ3) is 5.46. The summed E-state index contributed by atoms with van der Waals surface area (Å²) in [5.41, 5.74) is 2.60. The first-order valence-corrected chi connectivity index (χ1v) is 9.54. The predicted octanol–water partition coefficient (Wildman–Crippen LogP) is 1.75. The molecule has 27 heavy (non-hydrogen) atoms. The molecule has 0 spiro atoms. The topological polar surface area (TPSA) is 115 Å². The highest BCUT2D eigenvalue weighted by Crippen LogP contribution is 2.23. The second-order valence-corrected chi connectivity index (χ2v) is 8.23. The number of nitrogens with two attached hydrogens (primary N) is 1. The van der Waals surface area contributed by atoms with E-state index in [1.165, 1.54) is 16.4 Å². The molecule has 0 saturated carbocycles. The Morgan fingerprint density at radius 1 is 1.19 bits per heavy atom. The summed E-state index contributed by atoms with van der Waals surface area (Å²) >= 11 is 1.17. The van der Waals surface area contributed by atoms with Crippen molar-refractivity contribution in [1.82, 2.24) is 20.2 Å². The van der Waals surface area contributed by atoms with Crippen molar-refractivity contribution in [2.75, 3.05) is 23.5 Å². The van der Waals surface area contributed by atoms with E-state index < -0.39 is 0 Å². The molecule has 0 aliphatic rings. The molecule has 2 rings (SSSR count). The standard InChI is InChI=1S/C18H26N6O2S/c1-11-7-6-8-13(12(11)2)21-14(25)9-20-15(26)10-27-17-23-22-16(24(17)19)18(3,4)5/h6-8H,9-10,19H2,1-5H3,(H,20,26)(H,21,25). The molecule has 1 aromatic heterocycles. The van der Waals surface area contributed by atoms with Crippen molar-refractivity contribution in [2.24, 2.45) is 0 Å². The molecule has 9 heteroatoms. The van der Waals surface area contributed by atoms with E-state index in [1.54, 1.807) is 0 Å². The zero-order valence-electron chi connectivity index (χ0n) is 16.3. The molecule has 0 aliphatic heterocycles. The minimum Gasteiger partial charge on any atom is -0.346 e. The quantitative estimate of drug-likeness (QED) is 0.511. The van der Waals surface area contributed by atoms with Gasteiger partial charge in [0.25, 0.3) is 0 Å². The van der Waals surface area contributed by atoms with E-state index in [0.717, 1.165) is 16.8 Å². The Kier molecular flexibility index (Phi) is 6.48. The van der Waals surface area contributed by atoms with Gasteiger partial charge in [-0.25, -0.2) is 4.68 Å². The molecular weight excluding hydrogens is 364 g/mol. The van der Waals surface area contributed by atoms with Gasteiger partial charge in [0, 0.05) is 11.1 Å². The van der Waals surface area contributed by atoms with Gasteiger partial charge in [-0.3, -0.25) is 9.59 Å². The fourth-order valence-corrected chi connectivity index (χ4v) is 3.01. The fourth-order valence-electron chi connectivity index (χ4n) is 2.33. The highest BCUT2D eigenvalue weighted by Gasteiger charge is 2.23. The highest BCUT2D eigenvalue weighted by molar-refractivity contribution is 7.99. The van der Waals surface area contributed by atoms with E-state index in [4.69, 9.17) is 5.84 Å². The van der Waals surface area contributed by atoms with Gasteiger partial charge in [0.2, 0.25) is 17.0 Å². The number of benzene rings is 1. The van der Waals surface area contributed by atoms with E-state index in [2.05, 4.69) is 20.8 Å². The summed E-state index contributed by atoms with van der Waals surface area (Å²) in [5.74, 6) is 6.16. The van der Waals surface area contributed by atoms with Gasteiger partial charge in [-0.1, -0.05) is 44.7 Å². The molecule has 0 atom stereocenters. The number of nitrogens with one attached hydrogen (secondary N) is 2. The van der Waals surface area contributed by atoms with Crippen LogP contribution in [0.1, 0.15) is 37.7 Å². The fraction of sp³-hybridized carbons (Fsp3) is 0.444. The SMILES string of the molecule is Cc1cccc(NC(=O)CNC(=O)CSc2nnc(C(C)(C)C)n2N)c1C. The second-order valence-electron chi connectivity index (χ2n) is 7.29. The number of amides is 2. The second kappa shape index (κ2) is 8.43. The predicted molar refractivity (Wildman–Crippen MR) is 107 cm³/mol. The average Bonchev–Trinajstić information content (AvgIpc) is 2.96. The summed E-state index contributed by atoms with van der Waals surface area (Å²) < 4.78 is 1.39. The lowest BCUT2D eigenvalue weighted by atomic mass is 9.96. The zero-order valence-corrected chi connectivity index (χ0v) is 17.1. The van der Waals surface area contributed by atoms with Crippen molar-refractivity contribution in [3.05, 3.63) is 35.2 Å². The Morgan fingerprint density at radius 2 is 1.89 bits per heavy atom. The summed E-state index contributed by atoms with van der Waals surface area (Å²) in [6.45, 7) is 9.76. The third-order valence-electron chi connectivity index (χ3n) is 3.99. The number of thioether (sulfide) groups is 1. The van der Waals surface area contributed by atoms with Crippen LogP contribution in [0, 0.1) is 13.8 Å². The van der Waals surface area contributed by atoms with Crippen molar-refractivity contribution in [3.8, 4) is 0 Å². The first-order valence-electron chi connectivity index (χ1n) is 8.56. The van der Waals surface area contributed by atoms with Gasteiger partial charge in [0.1, 0.15) is 0 Å². The van der Waals surface area contributed by atoms with Gasteiger partial charge in [-0.2, -0.15) is 0 Å². The molecular formula is C18H26N6O2S. The van der Waals surface area contributed by atoms with Crippen LogP contribution in [0.5, 0.6) is 0 Å². The number of anilines is 1. The number of hydrogen-bond acceptors (Lipinski definition) is 6. The maximum Gasteiger partial charge on any atom is 0.243 e. The van der Waals surface area contributed by atoms with Gasteiger partial charge in [-0.05, 0) is 31.0 Å². The van der Waals surface area contributed by atoms with E-state index in [-0.39, 0.29) is 29.5 Å². The number of hydrogen-bond donors (Lipinski definition) is 3. The van der Waals surface area contributed by atoms with Crippen LogP contribution >= 0.6 is 11.8 Å². The Bertz CT molecular complexity index is 841. The lowest BCUT2D eigenvalue weighted by Crippen LogP contribution is -2.34. The summed E-state index contributed by atoms with van der Waals surface area (Å²) in [4.78, 5) is 24.0. The normalized spacial score (nSPS) is 11.3. The number of nitrogens with zero attached hydrogens (tertiary/aromatic N) is 3. The molecule has 1 aromatic carbocycles. The van der Waals surface area contributed by atoms with Gasteiger partial charge in [0.05, 0.1) is 12.3 Å². The molecule has 4 N–H and O–H groups in total. The van der Waals surface area contributed by atoms with Gasteiger partial charge in [-0.15, -0.1) is 10.2 Å². The minimum absolute atomic E-state index is 0.0935. The molecule has 1 heterocycles. The lowest BCUT2D eigenvalue weighted by Gasteiger charge is -2.16. The first kappa shape index (κ1) is 20.8. The number of aromatic nitrogens is 3. The Balaban J connectivity index is 1.82. The van der Waals surface area contributed by atoms with Crippen molar-refractivity contribution in [2.45, 2.75) is 45.2 Å². The smallest absolute Gasteiger partial charge is 0.243 e.